The highest BCUT2D eigenvalue weighted by molar-refractivity contribution is 6.30. The largest absolute Gasteiger partial charge is 0.466 e. The molecule has 1 aromatic rings. The molecular weight excluding hydrogens is 242 g/mol. The summed E-state index contributed by atoms with van der Waals surface area (Å²) in [6, 6.07) is 6.74. The number of carbonyl (C=O) groups is 2. The topological polar surface area (TPSA) is 55.4 Å². The molecule has 1 aromatic carbocycles. The van der Waals surface area contributed by atoms with Crippen LogP contribution in [0.1, 0.15) is 12.5 Å². The van der Waals surface area contributed by atoms with Crippen LogP contribution in [0.4, 0.5) is 0 Å². The molecule has 0 saturated heterocycles. The van der Waals surface area contributed by atoms with Gasteiger partial charge in [-0.3, -0.25) is 4.79 Å². The number of halogens is 1. The number of ether oxygens (including phenoxy) is 1. The van der Waals surface area contributed by atoms with E-state index in [9.17, 15) is 9.59 Å². The molecule has 0 aliphatic heterocycles. The van der Waals surface area contributed by atoms with Gasteiger partial charge in [0.1, 0.15) is 0 Å². The van der Waals surface area contributed by atoms with Crippen molar-refractivity contribution in [1.82, 2.24) is 5.32 Å². The van der Waals surface area contributed by atoms with Gasteiger partial charge in [0.25, 0.3) is 0 Å². The maximum atomic E-state index is 11.2. The first-order chi connectivity index (χ1) is 8.02. The molecule has 1 amide bonds. The van der Waals surface area contributed by atoms with Crippen molar-refractivity contribution >= 4 is 29.2 Å². The second-order valence-corrected chi connectivity index (χ2v) is 3.71. The van der Waals surface area contributed by atoms with Crippen LogP contribution in [-0.4, -0.2) is 19.0 Å². The third-order valence-corrected chi connectivity index (χ3v) is 2.18. The normalized spacial score (nSPS) is 10.9. The Hall–Kier alpha value is -1.81. The number of amides is 1. The summed E-state index contributed by atoms with van der Waals surface area (Å²) in [5.74, 6) is -0.807. The molecule has 4 nitrogen and oxygen atoms in total. The third kappa shape index (κ3) is 4.28. The van der Waals surface area contributed by atoms with Gasteiger partial charge in [0.2, 0.25) is 5.91 Å². The van der Waals surface area contributed by atoms with Gasteiger partial charge in [-0.05, 0) is 17.7 Å². The molecular formula is C12H12ClNO3. The van der Waals surface area contributed by atoms with Crippen LogP contribution in [0.25, 0.3) is 5.70 Å². The molecule has 1 N–H and O–H groups in total. The standard InChI is InChI=1S/C12H12ClNO3/c1-8(15)14-11(7-12(16)17-2)9-3-5-10(13)6-4-9/h3-7H,1-2H3,(H,14,15). The van der Waals surface area contributed by atoms with Crippen molar-refractivity contribution in [2.75, 3.05) is 7.11 Å². The van der Waals surface area contributed by atoms with E-state index in [4.69, 9.17) is 11.6 Å². The lowest BCUT2D eigenvalue weighted by molar-refractivity contribution is -0.134. The van der Waals surface area contributed by atoms with Crippen LogP contribution in [0.3, 0.4) is 0 Å². The molecule has 0 fully saturated rings. The van der Waals surface area contributed by atoms with E-state index in [1.54, 1.807) is 24.3 Å². The number of hydrogen-bond donors (Lipinski definition) is 1. The van der Waals surface area contributed by atoms with Gasteiger partial charge < -0.3 is 10.1 Å². The molecule has 0 aliphatic carbocycles. The Balaban J connectivity index is 3.05. The van der Waals surface area contributed by atoms with Gasteiger partial charge in [0.15, 0.2) is 0 Å². The molecule has 0 radical (unpaired) electrons. The zero-order valence-electron chi connectivity index (χ0n) is 9.49. The minimum absolute atomic E-state index is 0.268. The van der Waals surface area contributed by atoms with Crippen LogP contribution in [0.15, 0.2) is 30.3 Å². The Bertz CT molecular complexity index is 451. The Morgan fingerprint density at radius 1 is 1.29 bits per heavy atom. The van der Waals surface area contributed by atoms with Crippen molar-refractivity contribution in [1.29, 1.82) is 0 Å². The van der Waals surface area contributed by atoms with Gasteiger partial charge in [0, 0.05) is 18.0 Å². The van der Waals surface area contributed by atoms with E-state index in [1.807, 2.05) is 0 Å². The van der Waals surface area contributed by atoms with Crippen molar-refractivity contribution in [2.45, 2.75) is 6.92 Å². The highest BCUT2D eigenvalue weighted by atomic mass is 35.5. The van der Waals surface area contributed by atoms with Gasteiger partial charge in [0.05, 0.1) is 12.8 Å². The molecule has 0 unspecified atom stereocenters. The van der Waals surface area contributed by atoms with E-state index in [0.29, 0.717) is 16.3 Å². The van der Waals surface area contributed by atoms with Crippen LogP contribution >= 0.6 is 11.6 Å². The van der Waals surface area contributed by atoms with Crippen molar-refractivity contribution in [3.63, 3.8) is 0 Å². The predicted octanol–water partition coefficient (Wildman–Crippen LogP) is 1.99. The highest BCUT2D eigenvalue weighted by Crippen LogP contribution is 2.15. The summed E-state index contributed by atoms with van der Waals surface area (Å²) in [6.45, 7) is 1.36. The van der Waals surface area contributed by atoms with Crippen molar-refractivity contribution in [3.05, 3.63) is 40.9 Å². The lowest BCUT2D eigenvalue weighted by Crippen LogP contribution is -2.19. The molecule has 0 aromatic heterocycles. The summed E-state index contributed by atoms with van der Waals surface area (Å²) in [7, 11) is 1.27. The second kappa shape index (κ2) is 6.06. The Labute approximate surface area is 104 Å². The van der Waals surface area contributed by atoms with Crippen molar-refractivity contribution in [3.8, 4) is 0 Å². The van der Waals surface area contributed by atoms with Gasteiger partial charge in [-0.15, -0.1) is 0 Å². The molecule has 17 heavy (non-hydrogen) atoms. The molecule has 0 atom stereocenters. The maximum Gasteiger partial charge on any atom is 0.332 e. The smallest absolute Gasteiger partial charge is 0.332 e. The monoisotopic (exact) mass is 253 g/mol. The molecule has 0 bridgehead atoms. The fraction of sp³-hybridized carbons (Fsp3) is 0.167. The van der Waals surface area contributed by atoms with Gasteiger partial charge >= 0.3 is 5.97 Å². The summed E-state index contributed by atoms with van der Waals surface area (Å²) >= 11 is 5.76. The Kier molecular flexibility index (Phi) is 4.72. The number of carbonyl (C=O) groups excluding carboxylic acids is 2. The van der Waals surface area contributed by atoms with Crippen molar-refractivity contribution < 1.29 is 14.3 Å². The first-order valence-corrected chi connectivity index (χ1v) is 5.24. The van der Waals surface area contributed by atoms with Crippen LogP contribution in [0.2, 0.25) is 5.02 Å². The molecule has 1 rings (SSSR count). The fourth-order valence-corrected chi connectivity index (χ4v) is 1.31. The van der Waals surface area contributed by atoms with Gasteiger partial charge in [-0.2, -0.15) is 0 Å². The van der Waals surface area contributed by atoms with Gasteiger partial charge in [-0.1, -0.05) is 23.7 Å². The summed E-state index contributed by atoms with van der Waals surface area (Å²) < 4.78 is 4.51. The van der Waals surface area contributed by atoms with E-state index >= 15 is 0 Å². The van der Waals surface area contributed by atoms with E-state index in [0.717, 1.165) is 0 Å². The first-order valence-electron chi connectivity index (χ1n) is 4.86. The third-order valence-electron chi connectivity index (χ3n) is 1.93. The summed E-state index contributed by atoms with van der Waals surface area (Å²) in [4.78, 5) is 22.2. The Morgan fingerprint density at radius 2 is 1.88 bits per heavy atom. The minimum Gasteiger partial charge on any atom is -0.466 e. The van der Waals surface area contributed by atoms with Gasteiger partial charge in [-0.25, -0.2) is 4.79 Å². The number of benzene rings is 1. The summed E-state index contributed by atoms with van der Waals surface area (Å²) in [6.07, 6.45) is 1.21. The lowest BCUT2D eigenvalue weighted by atomic mass is 10.1. The first kappa shape index (κ1) is 13.3. The molecule has 0 aliphatic rings. The minimum atomic E-state index is -0.538. The molecule has 0 saturated carbocycles. The SMILES string of the molecule is COC(=O)C=C(NC(C)=O)c1ccc(Cl)cc1. The van der Waals surface area contributed by atoms with Crippen LogP contribution in [0.5, 0.6) is 0 Å². The summed E-state index contributed by atoms with van der Waals surface area (Å²) in [5.41, 5.74) is 1.05. The average molecular weight is 254 g/mol. The van der Waals surface area contributed by atoms with E-state index in [-0.39, 0.29) is 5.91 Å². The average Bonchev–Trinajstić information content (AvgIpc) is 2.28. The molecule has 90 valence electrons. The number of rotatable bonds is 3. The van der Waals surface area contributed by atoms with Crippen LogP contribution < -0.4 is 5.32 Å². The molecule has 0 spiro atoms. The number of esters is 1. The van der Waals surface area contributed by atoms with Crippen LogP contribution in [-0.2, 0) is 14.3 Å². The molecule has 5 heteroatoms. The van der Waals surface area contributed by atoms with Crippen molar-refractivity contribution in [2.24, 2.45) is 0 Å². The number of hydrogen-bond acceptors (Lipinski definition) is 3. The quantitative estimate of drug-likeness (QED) is 0.662. The predicted molar refractivity (Wildman–Crippen MR) is 65.3 cm³/mol. The second-order valence-electron chi connectivity index (χ2n) is 3.27. The summed E-state index contributed by atoms with van der Waals surface area (Å²) in [5, 5.41) is 3.14. The van der Waals surface area contributed by atoms with E-state index in [2.05, 4.69) is 10.1 Å². The highest BCUT2D eigenvalue weighted by Gasteiger charge is 2.06. The molecule has 0 heterocycles. The van der Waals surface area contributed by atoms with E-state index < -0.39 is 5.97 Å². The lowest BCUT2D eigenvalue weighted by Gasteiger charge is -2.08. The van der Waals surface area contributed by atoms with E-state index in [1.165, 1.54) is 20.1 Å². The number of methoxy groups -OCH3 is 1. The van der Waals surface area contributed by atoms with Crippen LogP contribution in [0, 0.1) is 0 Å². The zero-order valence-corrected chi connectivity index (χ0v) is 10.2. The number of nitrogens with one attached hydrogen (secondary N) is 1. The maximum absolute atomic E-state index is 11.2. The Morgan fingerprint density at radius 3 is 2.35 bits per heavy atom. The fourth-order valence-electron chi connectivity index (χ4n) is 1.19. The zero-order chi connectivity index (χ0) is 12.8.